The maximum absolute atomic E-state index is 12.1. The Hall–Kier alpha value is -2.55. The van der Waals surface area contributed by atoms with E-state index in [0.717, 1.165) is 24.1 Å². The first-order valence-electron chi connectivity index (χ1n) is 7.68. The molecule has 1 atom stereocenters. The molecule has 2 rings (SSSR count). The van der Waals surface area contributed by atoms with E-state index in [4.69, 9.17) is 0 Å². The molecule has 1 aliphatic carbocycles. The van der Waals surface area contributed by atoms with Gasteiger partial charge in [-0.1, -0.05) is 6.07 Å². The minimum atomic E-state index is -0.786. The topological polar surface area (TPSA) is 94.0 Å². The first-order valence-corrected chi connectivity index (χ1v) is 7.68. The molecule has 0 bridgehead atoms. The highest BCUT2D eigenvalue weighted by atomic mass is 16.2. The van der Waals surface area contributed by atoms with Crippen molar-refractivity contribution >= 4 is 23.2 Å². The predicted octanol–water partition coefficient (Wildman–Crippen LogP) is 2.17. The van der Waals surface area contributed by atoms with Crippen LogP contribution >= 0.6 is 0 Å². The van der Waals surface area contributed by atoms with Crippen molar-refractivity contribution in [1.29, 1.82) is 5.26 Å². The van der Waals surface area contributed by atoms with Crippen molar-refractivity contribution in [3.8, 4) is 6.07 Å². The van der Waals surface area contributed by atoms with Gasteiger partial charge in [0, 0.05) is 18.3 Å². The number of hydrogen-bond donors (Lipinski definition) is 3. The summed E-state index contributed by atoms with van der Waals surface area (Å²) in [6.45, 7) is 5.21. The summed E-state index contributed by atoms with van der Waals surface area (Å²) in [5.74, 6) is -0.113. The molecule has 0 radical (unpaired) electrons. The summed E-state index contributed by atoms with van der Waals surface area (Å²) < 4.78 is 0. The summed E-state index contributed by atoms with van der Waals surface area (Å²) in [7, 11) is 0. The van der Waals surface area contributed by atoms with Gasteiger partial charge >= 0.3 is 0 Å². The Morgan fingerprint density at radius 2 is 2.09 bits per heavy atom. The van der Waals surface area contributed by atoms with Gasteiger partial charge in [0.25, 0.3) is 0 Å². The van der Waals surface area contributed by atoms with Crippen LogP contribution < -0.4 is 16.0 Å². The SMILES string of the molecule is CC(=O)Nc1ccc(C)c(NCC(=O)NC(C)(C#N)C2CC2)c1. The minimum Gasteiger partial charge on any atom is -0.376 e. The lowest BCUT2D eigenvalue weighted by Crippen LogP contribution is -2.48. The molecule has 0 heterocycles. The molecule has 23 heavy (non-hydrogen) atoms. The normalized spacial score (nSPS) is 15.9. The highest BCUT2D eigenvalue weighted by Crippen LogP contribution is 2.39. The minimum absolute atomic E-state index is 0.0777. The molecule has 1 aromatic rings. The highest BCUT2D eigenvalue weighted by Gasteiger charge is 2.42. The first-order chi connectivity index (χ1) is 10.8. The van der Waals surface area contributed by atoms with Crippen molar-refractivity contribution in [2.24, 2.45) is 5.92 Å². The van der Waals surface area contributed by atoms with Gasteiger partial charge in [0.1, 0.15) is 5.54 Å². The molecule has 3 N–H and O–H groups in total. The van der Waals surface area contributed by atoms with E-state index in [0.29, 0.717) is 5.69 Å². The molecule has 122 valence electrons. The third-order valence-electron chi connectivity index (χ3n) is 4.02. The molecule has 0 aromatic heterocycles. The fourth-order valence-corrected chi connectivity index (χ4v) is 2.48. The molecule has 0 aliphatic heterocycles. The van der Waals surface area contributed by atoms with E-state index in [1.807, 2.05) is 19.1 Å². The van der Waals surface area contributed by atoms with Crippen LogP contribution in [0, 0.1) is 24.2 Å². The van der Waals surface area contributed by atoms with Gasteiger partial charge in [0.15, 0.2) is 0 Å². The van der Waals surface area contributed by atoms with Gasteiger partial charge < -0.3 is 16.0 Å². The number of nitrogens with one attached hydrogen (secondary N) is 3. The van der Waals surface area contributed by atoms with Gasteiger partial charge in [-0.2, -0.15) is 5.26 Å². The number of hydrogen-bond acceptors (Lipinski definition) is 4. The van der Waals surface area contributed by atoms with Crippen molar-refractivity contribution in [2.45, 2.75) is 39.2 Å². The van der Waals surface area contributed by atoms with E-state index in [1.165, 1.54) is 6.92 Å². The number of aryl methyl sites for hydroxylation is 1. The summed E-state index contributed by atoms with van der Waals surface area (Å²) in [5, 5.41) is 17.8. The monoisotopic (exact) mass is 314 g/mol. The van der Waals surface area contributed by atoms with Gasteiger partial charge in [0.05, 0.1) is 12.6 Å². The number of rotatable bonds is 6. The van der Waals surface area contributed by atoms with Crippen molar-refractivity contribution in [3.63, 3.8) is 0 Å². The Bertz CT molecular complexity index is 661. The van der Waals surface area contributed by atoms with E-state index in [1.54, 1.807) is 13.0 Å². The molecular weight excluding hydrogens is 292 g/mol. The molecule has 0 spiro atoms. The number of anilines is 2. The van der Waals surface area contributed by atoms with Crippen molar-refractivity contribution in [3.05, 3.63) is 23.8 Å². The molecule has 1 unspecified atom stereocenters. The molecular formula is C17H22N4O2. The van der Waals surface area contributed by atoms with Gasteiger partial charge in [-0.05, 0) is 50.3 Å². The molecule has 2 amide bonds. The third-order valence-corrected chi connectivity index (χ3v) is 4.02. The zero-order valence-corrected chi connectivity index (χ0v) is 13.7. The number of nitrogens with zero attached hydrogens (tertiary/aromatic N) is 1. The van der Waals surface area contributed by atoms with Crippen LogP contribution in [0.3, 0.4) is 0 Å². The summed E-state index contributed by atoms with van der Waals surface area (Å²) in [5.41, 5.74) is 1.63. The average Bonchev–Trinajstić information content (AvgIpc) is 3.32. The van der Waals surface area contributed by atoms with E-state index < -0.39 is 5.54 Å². The molecule has 6 heteroatoms. The van der Waals surface area contributed by atoms with Gasteiger partial charge in [0.2, 0.25) is 11.8 Å². The van der Waals surface area contributed by atoms with E-state index in [2.05, 4.69) is 22.0 Å². The second-order valence-electron chi connectivity index (χ2n) is 6.20. The van der Waals surface area contributed by atoms with Gasteiger partial charge in [-0.3, -0.25) is 9.59 Å². The molecule has 1 aliphatic rings. The zero-order chi connectivity index (χ0) is 17.0. The van der Waals surface area contributed by atoms with Crippen molar-refractivity contribution in [2.75, 3.05) is 17.2 Å². The maximum atomic E-state index is 12.1. The van der Waals surface area contributed by atoms with Crippen LogP contribution in [-0.4, -0.2) is 23.9 Å². The average molecular weight is 314 g/mol. The van der Waals surface area contributed by atoms with Crippen LogP contribution in [0.25, 0.3) is 0 Å². The van der Waals surface area contributed by atoms with Crippen LogP contribution in [0.4, 0.5) is 11.4 Å². The Labute approximate surface area is 136 Å². The molecule has 1 saturated carbocycles. The van der Waals surface area contributed by atoms with Crippen molar-refractivity contribution < 1.29 is 9.59 Å². The Morgan fingerprint density at radius 1 is 1.39 bits per heavy atom. The maximum Gasteiger partial charge on any atom is 0.240 e. The van der Waals surface area contributed by atoms with E-state index >= 15 is 0 Å². The largest absolute Gasteiger partial charge is 0.376 e. The lowest BCUT2D eigenvalue weighted by Gasteiger charge is -2.23. The smallest absolute Gasteiger partial charge is 0.240 e. The number of carbonyl (C=O) groups is 2. The number of benzene rings is 1. The fourth-order valence-electron chi connectivity index (χ4n) is 2.48. The van der Waals surface area contributed by atoms with E-state index in [-0.39, 0.29) is 24.3 Å². The summed E-state index contributed by atoms with van der Waals surface area (Å²) in [4.78, 5) is 23.2. The molecule has 1 aromatic carbocycles. The number of nitriles is 1. The molecule has 1 fully saturated rings. The van der Waals surface area contributed by atoms with Crippen molar-refractivity contribution in [1.82, 2.24) is 5.32 Å². The first kappa shape index (κ1) is 16.8. The third kappa shape index (κ3) is 4.46. The second kappa shape index (κ2) is 6.69. The standard InChI is InChI=1S/C17H22N4O2/c1-11-4-7-14(20-12(2)22)8-15(11)19-9-16(23)21-17(3,10-18)13-5-6-13/h4,7-8,13,19H,5-6,9H2,1-3H3,(H,20,22)(H,21,23). The van der Waals surface area contributed by atoms with Gasteiger partial charge in [-0.15, -0.1) is 0 Å². The Balaban J connectivity index is 1.96. The molecule has 6 nitrogen and oxygen atoms in total. The van der Waals surface area contributed by atoms with Crippen LogP contribution in [0.5, 0.6) is 0 Å². The van der Waals surface area contributed by atoms with E-state index in [9.17, 15) is 14.9 Å². The lowest BCUT2D eigenvalue weighted by molar-refractivity contribution is -0.120. The highest BCUT2D eigenvalue weighted by molar-refractivity contribution is 5.89. The lowest BCUT2D eigenvalue weighted by atomic mass is 9.98. The quantitative estimate of drug-likeness (QED) is 0.750. The number of carbonyl (C=O) groups excluding carboxylic acids is 2. The zero-order valence-electron chi connectivity index (χ0n) is 13.7. The molecule has 0 saturated heterocycles. The van der Waals surface area contributed by atoms with Crippen LogP contribution in [-0.2, 0) is 9.59 Å². The second-order valence-corrected chi connectivity index (χ2v) is 6.20. The Kier molecular flexibility index (Phi) is 4.89. The summed E-state index contributed by atoms with van der Waals surface area (Å²) >= 11 is 0. The summed E-state index contributed by atoms with van der Waals surface area (Å²) in [6, 6.07) is 7.67. The van der Waals surface area contributed by atoms with Crippen LogP contribution in [0.2, 0.25) is 0 Å². The Morgan fingerprint density at radius 3 is 2.65 bits per heavy atom. The predicted molar refractivity (Wildman–Crippen MR) is 88.9 cm³/mol. The summed E-state index contributed by atoms with van der Waals surface area (Å²) in [6.07, 6.45) is 1.96. The van der Waals surface area contributed by atoms with Gasteiger partial charge in [-0.25, -0.2) is 0 Å². The number of amides is 2. The fraction of sp³-hybridized carbons (Fsp3) is 0.471. The van der Waals surface area contributed by atoms with Crippen LogP contribution in [0.15, 0.2) is 18.2 Å². The van der Waals surface area contributed by atoms with Crippen LogP contribution in [0.1, 0.15) is 32.3 Å².